The van der Waals surface area contributed by atoms with E-state index in [1.165, 1.54) is 60.1 Å². The minimum absolute atomic E-state index is 0.581. The maximum absolute atomic E-state index is 2.34. The van der Waals surface area contributed by atoms with Crippen LogP contribution in [0, 0.1) is 0 Å². The summed E-state index contributed by atoms with van der Waals surface area (Å²) >= 11 is 0. The molecule has 0 spiro atoms. The zero-order valence-corrected chi connectivity index (χ0v) is 19.8. The van der Waals surface area contributed by atoms with Crippen LogP contribution in [0.25, 0.3) is 54.6 Å². The van der Waals surface area contributed by atoms with E-state index in [4.69, 9.17) is 0 Å². The van der Waals surface area contributed by atoms with Crippen molar-refractivity contribution >= 4 is 32.3 Å². The Balaban J connectivity index is 1.67. The standard InChI is InChI=1S/C34H28/c1-3-23(2)24-16-19-26(20-17-24)33-29-12-6-8-14-31(29)34(32-15-9-7-13-30(32)33)28-21-18-25-10-4-5-11-27(25)22-28/h4-23H,3H2,1-2H3. The molecule has 6 aromatic carbocycles. The summed E-state index contributed by atoms with van der Waals surface area (Å²) in [5.74, 6) is 0.581. The van der Waals surface area contributed by atoms with Crippen molar-refractivity contribution in [1.29, 1.82) is 0 Å². The van der Waals surface area contributed by atoms with Crippen molar-refractivity contribution in [2.45, 2.75) is 26.2 Å². The van der Waals surface area contributed by atoms with Gasteiger partial charge in [-0.25, -0.2) is 0 Å². The molecule has 164 valence electrons. The summed E-state index contributed by atoms with van der Waals surface area (Å²) in [6.07, 6.45) is 1.16. The normalized spacial score (nSPS) is 12.4. The molecule has 0 heteroatoms. The molecule has 0 aliphatic rings. The number of benzene rings is 6. The SMILES string of the molecule is CCC(C)c1ccc(-c2c3ccccc3c(-c3ccc4ccccc4c3)c3ccccc23)cc1. The van der Waals surface area contributed by atoms with Crippen molar-refractivity contribution in [1.82, 2.24) is 0 Å². The Hall–Kier alpha value is -3.90. The molecule has 0 amide bonds. The fourth-order valence-electron chi connectivity index (χ4n) is 5.31. The van der Waals surface area contributed by atoms with Gasteiger partial charge in [-0.1, -0.05) is 123 Å². The zero-order chi connectivity index (χ0) is 23.1. The largest absolute Gasteiger partial charge is 0.0648 e. The van der Waals surface area contributed by atoms with Crippen LogP contribution in [0.3, 0.4) is 0 Å². The van der Waals surface area contributed by atoms with E-state index in [0.717, 1.165) is 6.42 Å². The number of hydrogen-bond donors (Lipinski definition) is 0. The van der Waals surface area contributed by atoms with E-state index in [1.807, 2.05) is 0 Å². The molecular formula is C34H28. The summed E-state index contributed by atoms with van der Waals surface area (Å²) in [5.41, 5.74) is 6.60. The molecule has 0 saturated heterocycles. The van der Waals surface area contributed by atoms with Crippen LogP contribution < -0.4 is 0 Å². The Morgan fingerprint density at radius 1 is 0.500 bits per heavy atom. The molecule has 34 heavy (non-hydrogen) atoms. The quantitative estimate of drug-likeness (QED) is 0.241. The maximum Gasteiger partial charge on any atom is -0.00262 e. The molecule has 6 rings (SSSR count). The van der Waals surface area contributed by atoms with E-state index in [2.05, 4.69) is 129 Å². The molecule has 1 unspecified atom stereocenters. The van der Waals surface area contributed by atoms with E-state index in [0.29, 0.717) is 5.92 Å². The molecule has 0 aromatic heterocycles. The molecular weight excluding hydrogens is 408 g/mol. The Kier molecular flexibility index (Phi) is 5.15. The van der Waals surface area contributed by atoms with Crippen molar-refractivity contribution in [2.75, 3.05) is 0 Å². The van der Waals surface area contributed by atoms with Gasteiger partial charge in [0.25, 0.3) is 0 Å². The summed E-state index contributed by atoms with van der Waals surface area (Å²) in [6.45, 7) is 4.56. The van der Waals surface area contributed by atoms with E-state index in [-0.39, 0.29) is 0 Å². The molecule has 0 bridgehead atoms. The molecule has 6 aromatic rings. The first kappa shape index (κ1) is 20.7. The van der Waals surface area contributed by atoms with Gasteiger partial charge in [-0.3, -0.25) is 0 Å². The Bertz CT molecular complexity index is 1580. The molecule has 0 fully saturated rings. The highest BCUT2D eigenvalue weighted by Crippen LogP contribution is 2.44. The molecule has 0 nitrogen and oxygen atoms in total. The Labute approximate surface area is 201 Å². The second-order valence-electron chi connectivity index (χ2n) is 9.33. The molecule has 0 saturated carbocycles. The smallest absolute Gasteiger partial charge is 0.00262 e. The van der Waals surface area contributed by atoms with Gasteiger partial charge in [0.15, 0.2) is 0 Å². The number of rotatable bonds is 4. The molecule has 0 aliphatic carbocycles. The highest BCUT2D eigenvalue weighted by Gasteiger charge is 2.16. The lowest BCUT2D eigenvalue weighted by atomic mass is 9.85. The van der Waals surface area contributed by atoms with E-state index in [1.54, 1.807) is 0 Å². The van der Waals surface area contributed by atoms with E-state index >= 15 is 0 Å². The lowest BCUT2D eigenvalue weighted by molar-refractivity contribution is 0.734. The van der Waals surface area contributed by atoms with E-state index < -0.39 is 0 Å². The van der Waals surface area contributed by atoms with Crippen LogP contribution in [0.15, 0.2) is 115 Å². The average molecular weight is 437 g/mol. The second kappa shape index (κ2) is 8.47. The third kappa shape index (κ3) is 3.38. The topological polar surface area (TPSA) is 0 Å². The highest BCUT2D eigenvalue weighted by atomic mass is 14.2. The van der Waals surface area contributed by atoms with Crippen molar-refractivity contribution in [3.63, 3.8) is 0 Å². The minimum atomic E-state index is 0.581. The summed E-state index contributed by atoms with van der Waals surface area (Å²) in [5, 5.41) is 7.77. The molecule has 1 atom stereocenters. The van der Waals surface area contributed by atoms with Crippen LogP contribution >= 0.6 is 0 Å². The van der Waals surface area contributed by atoms with Crippen molar-refractivity contribution < 1.29 is 0 Å². The second-order valence-corrected chi connectivity index (χ2v) is 9.33. The predicted octanol–water partition coefficient (Wildman–Crippen LogP) is 9.99. The Morgan fingerprint density at radius 3 is 1.53 bits per heavy atom. The van der Waals surface area contributed by atoms with Gasteiger partial charge in [-0.15, -0.1) is 0 Å². The van der Waals surface area contributed by atoms with Crippen molar-refractivity contribution in [3.8, 4) is 22.3 Å². The van der Waals surface area contributed by atoms with Gasteiger partial charge < -0.3 is 0 Å². The number of fused-ring (bicyclic) bond motifs is 3. The molecule has 0 N–H and O–H groups in total. The van der Waals surface area contributed by atoms with Gasteiger partial charge in [0.1, 0.15) is 0 Å². The summed E-state index contributed by atoms with van der Waals surface area (Å²) in [7, 11) is 0. The highest BCUT2D eigenvalue weighted by molar-refractivity contribution is 6.21. The first-order chi connectivity index (χ1) is 16.7. The van der Waals surface area contributed by atoms with Crippen LogP contribution in [0.1, 0.15) is 31.7 Å². The van der Waals surface area contributed by atoms with Gasteiger partial charge in [0, 0.05) is 0 Å². The van der Waals surface area contributed by atoms with Gasteiger partial charge in [0.05, 0.1) is 0 Å². The maximum atomic E-state index is 2.34. The van der Waals surface area contributed by atoms with Crippen molar-refractivity contribution in [3.05, 3.63) is 121 Å². The summed E-state index contributed by atoms with van der Waals surface area (Å²) in [4.78, 5) is 0. The van der Waals surface area contributed by atoms with Crippen LogP contribution in [-0.2, 0) is 0 Å². The van der Waals surface area contributed by atoms with Gasteiger partial charge in [-0.2, -0.15) is 0 Å². The first-order valence-electron chi connectivity index (χ1n) is 12.3. The third-order valence-electron chi connectivity index (χ3n) is 7.35. The van der Waals surface area contributed by atoms with Gasteiger partial charge in [-0.05, 0) is 78.5 Å². The van der Waals surface area contributed by atoms with Crippen LogP contribution in [0.2, 0.25) is 0 Å². The molecule has 0 heterocycles. The van der Waals surface area contributed by atoms with E-state index in [9.17, 15) is 0 Å². The molecule has 0 radical (unpaired) electrons. The zero-order valence-electron chi connectivity index (χ0n) is 19.8. The summed E-state index contributed by atoms with van der Waals surface area (Å²) in [6, 6.07) is 42.5. The monoisotopic (exact) mass is 436 g/mol. The van der Waals surface area contributed by atoms with Crippen LogP contribution in [-0.4, -0.2) is 0 Å². The fraction of sp³-hybridized carbons (Fsp3) is 0.118. The number of hydrogen-bond acceptors (Lipinski definition) is 0. The summed E-state index contributed by atoms with van der Waals surface area (Å²) < 4.78 is 0. The minimum Gasteiger partial charge on any atom is -0.0648 e. The fourth-order valence-corrected chi connectivity index (χ4v) is 5.31. The lowest BCUT2D eigenvalue weighted by Gasteiger charge is -2.18. The van der Waals surface area contributed by atoms with Crippen LogP contribution in [0.4, 0.5) is 0 Å². The first-order valence-corrected chi connectivity index (χ1v) is 12.3. The van der Waals surface area contributed by atoms with Gasteiger partial charge in [0.2, 0.25) is 0 Å². The average Bonchev–Trinajstić information content (AvgIpc) is 2.91. The Morgan fingerprint density at radius 2 is 0.971 bits per heavy atom. The predicted molar refractivity (Wildman–Crippen MR) is 149 cm³/mol. The van der Waals surface area contributed by atoms with Gasteiger partial charge >= 0.3 is 0 Å². The van der Waals surface area contributed by atoms with Crippen LogP contribution in [0.5, 0.6) is 0 Å². The van der Waals surface area contributed by atoms with Crippen molar-refractivity contribution in [2.24, 2.45) is 0 Å². The third-order valence-corrected chi connectivity index (χ3v) is 7.35. The lowest BCUT2D eigenvalue weighted by Crippen LogP contribution is -1.93. The molecule has 0 aliphatic heterocycles.